The predicted octanol–water partition coefficient (Wildman–Crippen LogP) is 3.34. The molecule has 0 aliphatic heterocycles. The Hall–Kier alpha value is -3.42. The molecule has 0 spiro atoms. The van der Waals surface area contributed by atoms with Gasteiger partial charge >= 0.3 is 6.01 Å². The van der Waals surface area contributed by atoms with E-state index in [0.717, 1.165) is 5.75 Å². The Labute approximate surface area is 137 Å². The van der Waals surface area contributed by atoms with Crippen molar-refractivity contribution in [1.29, 1.82) is 0 Å². The van der Waals surface area contributed by atoms with Crippen molar-refractivity contribution in [3.05, 3.63) is 70.6 Å². The van der Waals surface area contributed by atoms with Crippen molar-refractivity contribution in [3.63, 3.8) is 0 Å². The Morgan fingerprint density at radius 3 is 2.54 bits per heavy atom. The lowest BCUT2D eigenvalue weighted by Crippen LogP contribution is -2.01. The molecule has 0 bridgehead atoms. The number of nitrogens with one attached hydrogen (secondary N) is 1. The minimum atomic E-state index is -0.457. The third kappa shape index (κ3) is 4.07. The van der Waals surface area contributed by atoms with Gasteiger partial charge in [0, 0.05) is 17.8 Å². The Morgan fingerprint density at radius 2 is 1.83 bits per heavy atom. The van der Waals surface area contributed by atoms with Crippen molar-refractivity contribution in [3.8, 4) is 5.75 Å². The third-order valence-corrected chi connectivity index (χ3v) is 3.12. The molecule has 1 aromatic heterocycles. The van der Waals surface area contributed by atoms with Crippen LogP contribution in [0.5, 0.6) is 5.75 Å². The summed E-state index contributed by atoms with van der Waals surface area (Å²) in [5, 5.41) is 21.3. The number of rotatable bonds is 7. The largest absolute Gasteiger partial charge is 0.493 e. The predicted molar refractivity (Wildman–Crippen MR) is 86.3 cm³/mol. The fourth-order valence-electron chi connectivity index (χ4n) is 1.97. The van der Waals surface area contributed by atoms with Gasteiger partial charge in [-0.05, 0) is 24.3 Å². The van der Waals surface area contributed by atoms with Gasteiger partial charge in [0.2, 0.25) is 5.89 Å². The molecule has 0 amide bonds. The summed E-state index contributed by atoms with van der Waals surface area (Å²) in [6.45, 7) is 0.420. The number of nitro benzene ring substituents is 1. The number of para-hydroxylation sites is 1. The molecule has 0 aliphatic carbocycles. The lowest BCUT2D eigenvalue weighted by atomic mass is 10.3. The number of aromatic nitrogens is 2. The first-order chi connectivity index (χ1) is 11.7. The van der Waals surface area contributed by atoms with E-state index in [1.54, 1.807) is 12.1 Å². The number of ether oxygens (including phenoxy) is 1. The fraction of sp³-hybridized carbons (Fsp3) is 0.125. The molecule has 3 rings (SSSR count). The number of anilines is 2. The Balaban J connectivity index is 1.52. The third-order valence-electron chi connectivity index (χ3n) is 3.12. The van der Waals surface area contributed by atoms with E-state index >= 15 is 0 Å². The highest BCUT2D eigenvalue weighted by molar-refractivity contribution is 5.54. The molecule has 8 heteroatoms. The van der Waals surface area contributed by atoms with Crippen LogP contribution in [0.3, 0.4) is 0 Å². The molecule has 0 unspecified atom stereocenters. The van der Waals surface area contributed by atoms with Crippen molar-refractivity contribution < 1.29 is 14.1 Å². The van der Waals surface area contributed by atoms with Crippen LogP contribution in [-0.2, 0) is 6.42 Å². The minimum Gasteiger partial charge on any atom is -0.493 e. The van der Waals surface area contributed by atoms with E-state index in [1.165, 1.54) is 12.1 Å². The first kappa shape index (κ1) is 15.5. The molecule has 0 atom stereocenters. The molecule has 0 aliphatic rings. The zero-order valence-corrected chi connectivity index (χ0v) is 12.6. The van der Waals surface area contributed by atoms with Crippen LogP contribution in [0.2, 0.25) is 0 Å². The van der Waals surface area contributed by atoms with Crippen LogP contribution in [0, 0.1) is 10.1 Å². The van der Waals surface area contributed by atoms with E-state index < -0.39 is 4.92 Å². The van der Waals surface area contributed by atoms with Gasteiger partial charge in [0.25, 0.3) is 5.69 Å². The molecule has 8 nitrogen and oxygen atoms in total. The molecular weight excluding hydrogens is 312 g/mol. The van der Waals surface area contributed by atoms with Crippen LogP contribution in [-0.4, -0.2) is 21.7 Å². The van der Waals surface area contributed by atoms with Gasteiger partial charge in [-0.15, -0.1) is 5.10 Å². The zero-order valence-electron chi connectivity index (χ0n) is 12.6. The normalized spacial score (nSPS) is 10.3. The van der Waals surface area contributed by atoms with Crippen molar-refractivity contribution >= 4 is 17.4 Å². The van der Waals surface area contributed by atoms with E-state index in [1.807, 2.05) is 30.3 Å². The van der Waals surface area contributed by atoms with Gasteiger partial charge in [-0.2, -0.15) is 0 Å². The summed E-state index contributed by atoms with van der Waals surface area (Å²) in [5.74, 6) is 1.22. The maximum atomic E-state index is 10.6. The lowest BCUT2D eigenvalue weighted by molar-refractivity contribution is -0.384. The fourth-order valence-corrected chi connectivity index (χ4v) is 1.97. The Morgan fingerprint density at radius 1 is 1.08 bits per heavy atom. The molecule has 0 saturated carbocycles. The van der Waals surface area contributed by atoms with Gasteiger partial charge in [-0.3, -0.25) is 10.1 Å². The van der Waals surface area contributed by atoms with Gasteiger partial charge in [-0.1, -0.05) is 23.3 Å². The molecule has 2 aromatic carbocycles. The summed E-state index contributed by atoms with van der Waals surface area (Å²) >= 11 is 0. The van der Waals surface area contributed by atoms with Gasteiger partial charge in [0.05, 0.1) is 18.0 Å². The Kier molecular flexibility index (Phi) is 4.66. The van der Waals surface area contributed by atoms with E-state index in [-0.39, 0.29) is 11.7 Å². The maximum Gasteiger partial charge on any atom is 0.320 e. The molecule has 3 aromatic rings. The standard InChI is InChI=1S/C16H14N4O4/c21-20(22)13-8-6-12(7-9-13)17-16-19-18-15(24-16)10-11-23-14-4-2-1-3-5-14/h1-9H,10-11H2,(H,17,19). The van der Waals surface area contributed by atoms with E-state index in [4.69, 9.17) is 9.15 Å². The monoisotopic (exact) mass is 326 g/mol. The second kappa shape index (κ2) is 7.23. The molecule has 0 saturated heterocycles. The molecule has 1 N–H and O–H groups in total. The van der Waals surface area contributed by atoms with Crippen LogP contribution in [0.1, 0.15) is 5.89 Å². The molecule has 24 heavy (non-hydrogen) atoms. The van der Waals surface area contributed by atoms with Crippen LogP contribution in [0.4, 0.5) is 17.4 Å². The van der Waals surface area contributed by atoms with E-state index in [0.29, 0.717) is 24.6 Å². The summed E-state index contributed by atoms with van der Waals surface area (Å²) in [6.07, 6.45) is 0.476. The number of non-ortho nitro benzene ring substituents is 1. The summed E-state index contributed by atoms with van der Waals surface area (Å²) in [5.41, 5.74) is 0.640. The SMILES string of the molecule is O=[N+]([O-])c1ccc(Nc2nnc(CCOc3ccccc3)o2)cc1. The molecule has 122 valence electrons. The number of hydrogen-bond acceptors (Lipinski definition) is 7. The van der Waals surface area contributed by atoms with Gasteiger partial charge in [0.15, 0.2) is 0 Å². The first-order valence-corrected chi connectivity index (χ1v) is 7.22. The molecular formula is C16H14N4O4. The topological polar surface area (TPSA) is 103 Å². The molecule has 0 radical (unpaired) electrons. The number of nitro groups is 1. The smallest absolute Gasteiger partial charge is 0.320 e. The van der Waals surface area contributed by atoms with Gasteiger partial charge < -0.3 is 14.5 Å². The Bertz CT molecular complexity index is 802. The van der Waals surface area contributed by atoms with Crippen molar-refractivity contribution in [2.45, 2.75) is 6.42 Å². The van der Waals surface area contributed by atoms with Gasteiger partial charge in [-0.25, -0.2) is 0 Å². The second-order valence-corrected chi connectivity index (χ2v) is 4.84. The first-order valence-electron chi connectivity index (χ1n) is 7.22. The van der Waals surface area contributed by atoms with Crippen molar-refractivity contribution in [2.24, 2.45) is 0 Å². The average molecular weight is 326 g/mol. The summed E-state index contributed by atoms with van der Waals surface area (Å²) in [4.78, 5) is 10.2. The highest BCUT2D eigenvalue weighted by Crippen LogP contribution is 2.19. The average Bonchev–Trinajstić information content (AvgIpc) is 3.04. The quantitative estimate of drug-likeness (QED) is 0.524. The summed E-state index contributed by atoms with van der Waals surface area (Å²) < 4.78 is 11.0. The van der Waals surface area contributed by atoms with Crippen LogP contribution in [0.15, 0.2) is 59.0 Å². The maximum absolute atomic E-state index is 10.6. The van der Waals surface area contributed by atoms with Crippen molar-refractivity contribution in [1.82, 2.24) is 10.2 Å². The highest BCUT2D eigenvalue weighted by Gasteiger charge is 2.08. The van der Waals surface area contributed by atoms with Gasteiger partial charge in [0.1, 0.15) is 5.75 Å². The minimum absolute atomic E-state index is 0.0184. The lowest BCUT2D eigenvalue weighted by Gasteiger charge is -2.03. The number of nitrogens with zero attached hydrogens (tertiary/aromatic N) is 3. The summed E-state index contributed by atoms with van der Waals surface area (Å²) in [7, 11) is 0. The zero-order chi connectivity index (χ0) is 16.8. The van der Waals surface area contributed by atoms with E-state index in [9.17, 15) is 10.1 Å². The van der Waals surface area contributed by atoms with Crippen LogP contribution < -0.4 is 10.1 Å². The molecule has 1 heterocycles. The van der Waals surface area contributed by atoms with Crippen LogP contribution in [0.25, 0.3) is 0 Å². The highest BCUT2D eigenvalue weighted by atomic mass is 16.6. The summed E-state index contributed by atoms with van der Waals surface area (Å²) in [6, 6.07) is 15.6. The van der Waals surface area contributed by atoms with Crippen molar-refractivity contribution in [2.75, 3.05) is 11.9 Å². The van der Waals surface area contributed by atoms with E-state index in [2.05, 4.69) is 15.5 Å². The van der Waals surface area contributed by atoms with Crippen LogP contribution >= 0.6 is 0 Å². The number of hydrogen-bond donors (Lipinski definition) is 1. The number of benzene rings is 2. The second-order valence-electron chi connectivity index (χ2n) is 4.84. The molecule has 0 fully saturated rings.